The maximum atomic E-state index is 11.2. The van der Waals surface area contributed by atoms with Crippen molar-refractivity contribution in [2.45, 2.75) is 63.8 Å². The molecule has 0 radical (unpaired) electrons. The fourth-order valence-electron chi connectivity index (χ4n) is 4.40. The second kappa shape index (κ2) is 7.64. The van der Waals surface area contributed by atoms with E-state index in [9.17, 15) is 4.79 Å². The fraction of sp³-hybridized carbons (Fsp3) is 0.941. The van der Waals surface area contributed by atoms with Crippen molar-refractivity contribution in [3.63, 3.8) is 0 Å². The van der Waals surface area contributed by atoms with Crippen molar-refractivity contribution in [3.8, 4) is 0 Å². The molecule has 0 amide bonds. The standard InChI is InChI=1S/C17H28O5/c1-19-17(18)22-15-8-6-13(7-9-15)12-2-4-14(5-3-12)16-20-10-11-21-16/h12-16H,2-11H2,1H3/t12-,13-,14-,15-. The van der Waals surface area contributed by atoms with Crippen molar-refractivity contribution in [2.75, 3.05) is 20.3 Å². The van der Waals surface area contributed by atoms with Gasteiger partial charge in [-0.1, -0.05) is 0 Å². The zero-order chi connectivity index (χ0) is 15.4. The number of hydrogen-bond donors (Lipinski definition) is 0. The predicted octanol–water partition coefficient (Wildman–Crippen LogP) is 3.51. The lowest BCUT2D eigenvalue weighted by molar-refractivity contribution is -0.0976. The summed E-state index contributed by atoms with van der Waals surface area (Å²) in [7, 11) is 1.37. The van der Waals surface area contributed by atoms with E-state index in [-0.39, 0.29) is 12.4 Å². The predicted molar refractivity (Wildman–Crippen MR) is 80.4 cm³/mol. The first-order valence-corrected chi connectivity index (χ1v) is 8.74. The molecule has 0 spiro atoms. The maximum Gasteiger partial charge on any atom is 0.508 e. The third-order valence-corrected chi connectivity index (χ3v) is 5.66. The molecule has 1 aliphatic heterocycles. The van der Waals surface area contributed by atoms with Crippen LogP contribution in [0.2, 0.25) is 0 Å². The van der Waals surface area contributed by atoms with E-state index in [0.717, 1.165) is 37.9 Å². The van der Waals surface area contributed by atoms with Gasteiger partial charge in [0.15, 0.2) is 6.29 Å². The molecule has 3 aliphatic rings. The van der Waals surface area contributed by atoms with Crippen molar-refractivity contribution in [1.29, 1.82) is 0 Å². The minimum atomic E-state index is -0.541. The summed E-state index contributed by atoms with van der Waals surface area (Å²) in [5.41, 5.74) is 0. The average molecular weight is 312 g/mol. The lowest BCUT2D eigenvalue weighted by atomic mass is 9.70. The summed E-state index contributed by atoms with van der Waals surface area (Å²) in [6, 6.07) is 0. The molecule has 3 rings (SSSR count). The quantitative estimate of drug-likeness (QED) is 0.746. The van der Waals surface area contributed by atoms with E-state index in [1.807, 2.05) is 0 Å². The summed E-state index contributed by atoms with van der Waals surface area (Å²) in [4.78, 5) is 11.2. The van der Waals surface area contributed by atoms with E-state index in [0.29, 0.717) is 5.92 Å². The third-order valence-electron chi connectivity index (χ3n) is 5.66. The summed E-state index contributed by atoms with van der Waals surface area (Å²) in [6.07, 6.45) is 8.93. The van der Waals surface area contributed by atoms with Crippen LogP contribution in [0.1, 0.15) is 51.4 Å². The van der Waals surface area contributed by atoms with Crippen LogP contribution in [-0.2, 0) is 18.9 Å². The molecule has 3 fully saturated rings. The van der Waals surface area contributed by atoms with Gasteiger partial charge in [0, 0.05) is 5.92 Å². The molecular formula is C17H28O5. The molecule has 0 N–H and O–H groups in total. The second-order valence-electron chi connectivity index (χ2n) is 6.89. The van der Waals surface area contributed by atoms with Crippen LogP contribution < -0.4 is 0 Å². The van der Waals surface area contributed by atoms with E-state index in [4.69, 9.17) is 14.2 Å². The van der Waals surface area contributed by atoms with Gasteiger partial charge in [-0.25, -0.2) is 4.79 Å². The first-order valence-electron chi connectivity index (χ1n) is 8.74. The van der Waals surface area contributed by atoms with Crippen LogP contribution in [0.5, 0.6) is 0 Å². The van der Waals surface area contributed by atoms with Gasteiger partial charge in [0.25, 0.3) is 0 Å². The van der Waals surface area contributed by atoms with Crippen LogP contribution >= 0.6 is 0 Å². The number of carbonyl (C=O) groups is 1. The molecule has 126 valence electrons. The molecule has 22 heavy (non-hydrogen) atoms. The molecule has 5 heteroatoms. The molecule has 0 atom stereocenters. The van der Waals surface area contributed by atoms with Gasteiger partial charge < -0.3 is 18.9 Å². The van der Waals surface area contributed by atoms with Crippen LogP contribution in [0.25, 0.3) is 0 Å². The molecule has 0 aromatic rings. The Hall–Kier alpha value is -0.810. The van der Waals surface area contributed by atoms with Crippen molar-refractivity contribution in [1.82, 2.24) is 0 Å². The molecule has 2 saturated carbocycles. The van der Waals surface area contributed by atoms with Gasteiger partial charge >= 0.3 is 6.16 Å². The van der Waals surface area contributed by atoms with E-state index >= 15 is 0 Å². The molecule has 0 aromatic carbocycles. The molecule has 0 aromatic heterocycles. The van der Waals surface area contributed by atoms with Crippen LogP contribution in [0.4, 0.5) is 4.79 Å². The highest BCUT2D eigenvalue weighted by Gasteiger charge is 2.35. The average Bonchev–Trinajstić information content (AvgIpc) is 3.10. The Morgan fingerprint density at radius 1 is 0.818 bits per heavy atom. The first-order chi connectivity index (χ1) is 10.8. The summed E-state index contributed by atoms with van der Waals surface area (Å²) >= 11 is 0. The summed E-state index contributed by atoms with van der Waals surface area (Å²) < 4.78 is 21.1. The number of ether oxygens (including phenoxy) is 4. The van der Waals surface area contributed by atoms with Gasteiger partial charge in [-0.2, -0.15) is 0 Å². The van der Waals surface area contributed by atoms with Gasteiger partial charge in [0.1, 0.15) is 6.10 Å². The molecule has 5 nitrogen and oxygen atoms in total. The highest BCUT2D eigenvalue weighted by Crippen LogP contribution is 2.42. The summed E-state index contributed by atoms with van der Waals surface area (Å²) in [5, 5.41) is 0. The highest BCUT2D eigenvalue weighted by atomic mass is 16.7. The molecule has 1 saturated heterocycles. The lowest BCUT2D eigenvalue weighted by Crippen LogP contribution is -2.32. The zero-order valence-electron chi connectivity index (χ0n) is 13.5. The van der Waals surface area contributed by atoms with E-state index < -0.39 is 6.16 Å². The van der Waals surface area contributed by atoms with Gasteiger partial charge in [-0.15, -0.1) is 0 Å². The zero-order valence-corrected chi connectivity index (χ0v) is 13.5. The SMILES string of the molecule is COC(=O)O[C@H]1CC[C@H]([C@H]2CC[C@H](C3OCCO3)CC2)CC1. The van der Waals surface area contributed by atoms with Crippen LogP contribution in [0, 0.1) is 17.8 Å². The summed E-state index contributed by atoms with van der Waals surface area (Å²) in [6.45, 7) is 1.52. The Morgan fingerprint density at radius 3 is 1.86 bits per heavy atom. The van der Waals surface area contributed by atoms with E-state index in [1.165, 1.54) is 45.6 Å². The molecular weight excluding hydrogens is 284 g/mol. The van der Waals surface area contributed by atoms with E-state index in [1.54, 1.807) is 0 Å². The Morgan fingerprint density at radius 2 is 1.32 bits per heavy atom. The number of methoxy groups -OCH3 is 1. The minimum absolute atomic E-state index is 0.0559. The molecule has 0 unspecified atom stereocenters. The molecule has 2 aliphatic carbocycles. The van der Waals surface area contributed by atoms with Crippen molar-refractivity contribution in [2.24, 2.45) is 17.8 Å². The largest absolute Gasteiger partial charge is 0.508 e. The topological polar surface area (TPSA) is 54.0 Å². The van der Waals surface area contributed by atoms with Crippen LogP contribution in [-0.4, -0.2) is 38.9 Å². The Kier molecular flexibility index (Phi) is 5.58. The van der Waals surface area contributed by atoms with Gasteiger partial charge in [0.05, 0.1) is 20.3 Å². The van der Waals surface area contributed by atoms with Gasteiger partial charge in [0.2, 0.25) is 0 Å². The van der Waals surface area contributed by atoms with Gasteiger partial charge in [-0.3, -0.25) is 0 Å². The number of rotatable bonds is 3. The molecule has 1 heterocycles. The highest BCUT2D eigenvalue weighted by molar-refractivity contribution is 5.59. The Bertz CT molecular complexity index is 350. The monoisotopic (exact) mass is 312 g/mol. The van der Waals surface area contributed by atoms with Crippen molar-refractivity contribution >= 4 is 6.16 Å². The Balaban J connectivity index is 1.38. The normalized spacial score (nSPS) is 37.0. The van der Waals surface area contributed by atoms with Crippen molar-refractivity contribution < 1.29 is 23.7 Å². The Labute approximate surface area is 132 Å². The second-order valence-corrected chi connectivity index (χ2v) is 6.89. The van der Waals surface area contributed by atoms with Crippen LogP contribution in [0.3, 0.4) is 0 Å². The maximum absolute atomic E-state index is 11.2. The first kappa shape index (κ1) is 16.1. The summed E-state index contributed by atoms with van der Waals surface area (Å²) in [5.74, 6) is 2.22. The van der Waals surface area contributed by atoms with E-state index in [2.05, 4.69) is 4.74 Å². The number of carbonyl (C=O) groups excluding carboxylic acids is 1. The smallest absolute Gasteiger partial charge is 0.438 e. The molecule has 0 bridgehead atoms. The van der Waals surface area contributed by atoms with Crippen molar-refractivity contribution in [3.05, 3.63) is 0 Å². The number of hydrogen-bond acceptors (Lipinski definition) is 5. The lowest BCUT2D eigenvalue weighted by Gasteiger charge is -2.38. The third kappa shape index (κ3) is 3.93. The van der Waals surface area contributed by atoms with Crippen LogP contribution in [0.15, 0.2) is 0 Å². The van der Waals surface area contributed by atoms with Gasteiger partial charge in [-0.05, 0) is 63.2 Å². The fourth-order valence-corrected chi connectivity index (χ4v) is 4.40. The minimum Gasteiger partial charge on any atom is -0.438 e.